The van der Waals surface area contributed by atoms with Gasteiger partial charge in [0.2, 0.25) is 5.91 Å². The molecule has 0 aromatic heterocycles. The topological polar surface area (TPSA) is 20.3 Å². The fraction of sp³-hybridized carbons (Fsp3) is 0.889. The molecule has 0 aliphatic carbocycles. The molecule has 0 radical (unpaired) electrons. The molecule has 0 bridgehead atoms. The first-order chi connectivity index (χ1) is 6.29. The van der Waals surface area contributed by atoms with Crippen LogP contribution in [-0.2, 0) is 4.79 Å². The van der Waals surface area contributed by atoms with Crippen LogP contribution in [0.2, 0.25) is 0 Å². The van der Waals surface area contributed by atoms with E-state index in [-0.39, 0.29) is 5.25 Å². The van der Waals surface area contributed by atoms with Crippen LogP contribution in [0.25, 0.3) is 0 Å². The lowest BCUT2D eigenvalue weighted by Crippen LogP contribution is -2.29. The SMILES string of the molecule is CSC1C(=O)N2CCC[C@H]2C1CCl. The van der Waals surface area contributed by atoms with E-state index in [1.165, 1.54) is 0 Å². The van der Waals surface area contributed by atoms with E-state index in [1.807, 2.05) is 11.2 Å². The number of rotatable bonds is 2. The highest BCUT2D eigenvalue weighted by Gasteiger charge is 2.48. The van der Waals surface area contributed by atoms with Gasteiger partial charge in [-0.3, -0.25) is 4.79 Å². The fourth-order valence-electron chi connectivity index (χ4n) is 2.52. The van der Waals surface area contributed by atoms with Crippen LogP contribution in [0.4, 0.5) is 0 Å². The molecule has 2 rings (SSSR count). The molecule has 2 saturated heterocycles. The molecule has 13 heavy (non-hydrogen) atoms. The third-order valence-corrected chi connectivity index (χ3v) is 4.56. The molecule has 2 heterocycles. The molecule has 0 aromatic carbocycles. The molecule has 74 valence electrons. The Bertz CT molecular complexity index is 224. The second-order valence-corrected chi connectivity index (χ2v) is 5.00. The van der Waals surface area contributed by atoms with Crippen molar-refractivity contribution in [3.05, 3.63) is 0 Å². The van der Waals surface area contributed by atoms with Crippen molar-refractivity contribution < 1.29 is 4.79 Å². The molecule has 2 unspecified atom stereocenters. The van der Waals surface area contributed by atoms with Crippen LogP contribution in [0.15, 0.2) is 0 Å². The Hall–Kier alpha value is 0.110. The molecule has 2 aliphatic heterocycles. The van der Waals surface area contributed by atoms with Gasteiger partial charge in [0.1, 0.15) is 0 Å². The quantitative estimate of drug-likeness (QED) is 0.658. The molecule has 3 atom stereocenters. The number of halogens is 1. The summed E-state index contributed by atoms with van der Waals surface area (Å²) in [7, 11) is 0. The first-order valence-electron chi connectivity index (χ1n) is 4.69. The van der Waals surface area contributed by atoms with Gasteiger partial charge in [-0.2, -0.15) is 11.8 Å². The number of amides is 1. The van der Waals surface area contributed by atoms with Crippen molar-refractivity contribution in [1.82, 2.24) is 4.90 Å². The molecule has 0 N–H and O–H groups in total. The van der Waals surface area contributed by atoms with Crippen LogP contribution in [-0.4, -0.2) is 40.8 Å². The summed E-state index contributed by atoms with van der Waals surface area (Å²) < 4.78 is 0. The second kappa shape index (κ2) is 3.70. The summed E-state index contributed by atoms with van der Waals surface area (Å²) in [6.45, 7) is 0.952. The minimum absolute atomic E-state index is 0.128. The summed E-state index contributed by atoms with van der Waals surface area (Å²) in [5.74, 6) is 1.32. The summed E-state index contributed by atoms with van der Waals surface area (Å²) in [4.78, 5) is 13.9. The van der Waals surface area contributed by atoms with Gasteiger partial charge in [-0.25, -0.2) is 0 Å². The van der Waals surface area contributed by atoms with Gasteiger partial charge in [-0.05, 0) is 19.1 Å². The van der Waals surface area contributed by atoms with Crippen molar-refractivity contribution in [2.24, 2.45) is 5.92 Å². The lowest BCUT2D eigenvalue weighted by atomic mass is 10.0. The zero-order valence-corrected chi connectivity index (χ0v) is 9.27. The van der Waals surface area contributed by atoms with Crippen molar-refractivity contribution in [3.8, 4) is 0 Å². The smallest absolute Gasteiger partial charge is 0.236 e. The van der Waals surface area contributed by atoms with Crippen LogP contribution in [0.1, 0.15) is 12.8 Å². The maximum atomic E-state index is 11.8. The first kappa shape index (κ1) is 9.66. The Kier molecular flexibility index (Phi) is 2.75. The molecule has 0 spiro atoms. The summed E-state index contributed by atoms with van der Waals surface area (Å²) in [6.07, 6.45) is 4.31. The Labute approximate surface area is 88.0 Å². The van der Waals surface area contributed by atoms with Crippen LogP contribution in [0, 0.1) is 5.92 Å². The summed E-state index contributed by atoms with van der Waals surface area (Å²) in [5, 5.41) is 0.128. The van der Waals surface area contributed by atoms with E-state index in [4.69, 9.17) is 11.6 Å². The fourth-order valence-corrected chi connectivity index (χ4v) is 3.97. The maximum Gasteiger partial charge on any atom is 0.236 e. The normalized spacial score (nSPS) is 38.5. The van der Waals surface area contributed by atoms with Gasteiger partial charge in [-0.15, -0.1) is 11.6 Å². The van der Waals surface area contributed by atoms with Crippen molar-refractivity contribution in [2.45, 2.75) is 24.1 Å². The van der Waals surface area contributed by atoms with Gasteiger partial charge < -0.3 is 4.90 Å². The highest BCUT2D eigenvalue weighted by Crippen LogP contribution is 2.39. The van der Waals surface area contributed by atoms with Gasteiger partial charge in [0, 0.05) is 24.4 Å². The third kappa shape index (κ3) is 1.37. The molecule has 4 heteroatoms. The van der Waals surface area contributed by atoms with E-state index in [2.05, 4.69) is 0 Å². The first-order valence-corrected chi connectivity index (χ1v) is 6.51. The predicted molar refractivity (Wildman–Crippen MR) is 56.2 cm³/mol. The van der Waals surface area contributed by atoms with Crippen LogP contribution >= 0.6 is 23.4 Å². The van der Waals surface area contributed by atoms with Crippen molar-refractivity contribution >= 4 is 29.3 Å². The predicted octanol–water partition coefficient (Wildman–Crippen LogP) is 1.58. The number of carbonyl (C=O) groups is 1. The monoisotopic (exact) mass is 219 g/mol. The van der Waals surface area contributed by atoms with E-state index in [9.17, 15) is 4.79 Å². The number of thioether (sulfide) groups is 1. The Morgan fingerprint density at radius 3 is 3.08 bits per heavy atom. The second-order valence-electron chi connectivity index (χ2n) is 3.72. The van der Waals surface area contributed by atoms with Gasteiger partial charge in [0.15, 0.2) is 0 Å². The van der Waals surface area contributed by atoms with E-state index in [0.29, 0.717) is 23.7 Å². The van der Waals surface area contributed by atoms with E-state index < -0.39 is 0 Å². The summed E-state index contributed by atoms with van der Waals surface area (Å²) in [5.41, 5.74) is 0. The van der Waals surface area contributed by atoms with Crippen LogP contribution < -0.4 is 0 Å². The minimum atomic E-state index is 0.128. The van der Waals surface area contributed by atoms with Crippen LogP contribution in [0.5, 0.6) is 0 Å². The molecule has 1 amide bonds. The molecular weight excluding hydrogens is 206 g/mol. The van der Waals surface area contributed by atoms with E-state index >= 15 is 0 Å². The van der Waals surface area contributed by atoms with Crippen molar-refractivity contribution in [1.29, 1.82) is 0 Å². The number of fused-ring (bicyclic) bond motifs is 1. The highest BCUT2D eigenvalue weighted by atomic mass is 35.5. The van der Waals surface area contributed by atoms with E-state index in [0.717, 1.165) is 19.4 Å². The molecule has 2 aliphatic rings. The van der Waals surface area contributed by atoms with E-state index in [1.54, 1.807) is 11.8 Å². The largest absolute Gasteiger partial charge is 0.338 e. The molecule has 2 nitrogen and oxygen atoms in total. The molecular formula is C9H14ClNOS. The summed E-state index contributed by atoms with van der Waals surface area (Å²) >= 11 is 7.58. The number of carbonyl (C=O) groups excluding carboxylic acids is 1. The number of nitrogens with zero attached hydrogens (tertiary/aromatic N) is 1. The number of hydrogen-bond acceptors (Lipinski definition) is 2. The van der Waals surface area contributed by atoms with Gasteiger partial charge >= 0.3 is 0 Å². The molecule has 0 aromatic rings. The van der Waals surface area contributed by atoms with Gasteiger partial charge in [-0.1, -0.05) is 0 Å². The maximum absolute atomic E-state index is 11.8. The minimum Gasteiger partial charge on any atom is -0.338 e. The zero-order chi connectivity index (χ0) is 9.42. The van der Waals surface area contributed by atoms with Crippen molar-refractivity contribution in [3.63, 3.8) is 0 Å². The summed E-state index contributed by atoms with van der Waals surface area (Å²) in [6, 6.07) is 0.447. The lowest BCUT2D eigenvalue weighted by Gasteiger charge is -2.18. The van der Waals surface area contributed by atoms with Crippen molar-refractivity contribution in [2.75, 3.05) is 18.7 Å². The highest BCUT2D eigenvalue weighted by molar-refractivity contribution is 8.00. The number of alkyl halides is 1. The Balaban J connectivity index is 2.20. The molecule has 0 saturated carbocycles. The standard InChI is InChI=1S/C9H14ClNOS/c1-13-8-6(5-10)7-3-2-4-11(7)9(8)12/h6-8H,2-5H2,1H3/t6?,7-,8?/m0/s1. The molecule has 2 fully saturated rings. The zero-order valence-electron chi connectivity index (χ0n) is 7.70. The average Bonchev–Trinajstić information content (AvgIpc) is 2.67. The van der Waals surface area contributed by atoms with Gasteiger partial charge in [0.05, 0.1) is 5.25 Å². The third-order valence-electron chi connectivity index (χ3n) is 3.14. The number of hydrogen-bond donors (Lipinski definition) is 0. The average molecular weight is 220 g/mol. The lowest BCUT2D eigenvalue weighted by molar-refractivity contribution is -0.127. The Morgan fingerprint density at radius 2 is 2.46 bits per heavy atom. The van der Waals surface area contributed by atoms with Gasteiger partial charge in [0.25, 0.3) is 0 Å². The Morgan fingerprint density at radius 1 is 1.69 bits per heavy atom. The van der Waals surface area contributed by atoms with Crippen LogP contribution in [0.3, 0.4) is 0 Å².